The van der Waals surface area contributed by atoms with Crippen LogP contribution in [0.1, 0.15) is 50.6 Å². The van der Waals surface area contributed by atoms with Crippen LogP contribution in [0.2, 0.25) is 0 Å². The van der Waals surface area contributed by atoms with Crippen LogP contribution in [0.15, 0.2) is 30.3 Å². The molecule has 2 atom stereocenters. The van der Waals surface area contributed by atoms with Gasteiger partial charge in [-0.2, -0.15) is 0 Å². The summed E-state index contributed by atoms with van der Waals surface area (Å²) >= 11 is 0. The van der Waals surface area contributed by atoms with Gasteiger partial charge in [-0.1, -0.05) is 36.8 Å². The summed E-state index contributed by atoms with van der Waals surface area (Å²) in [7, 11) is 0. The highest BCUT2D eigenvalue weighted by molar-refractivity contribution is 6.07. The normalized spacial score (nSPS) is 23.0. The van der Waals surface area contributed by atoms with Crippen LogP contribution in [0.4, 0.5) is 4.79 Å². The van der Waals surface area contributed by atoms with Crippen molar-refractivity contribution in [2.45, 2.75) is 57.2 Å². The zero-order valence-electron chi connectivity index (χ0n) is 13.7. The maximum atomic E-state index is 12.6. The van der Waals surface area contributed by atoms with Gasteiger partial charge in [0.2, 0.25) is 0 Å². The van der Waals surface area contributed by atoms with Crippen molar-refractivity contribution in [3.63, 3.8) is 0 Å². The molecule has 1 saturated carbocycles. The van der Waals surface area contributed by atoms with Crippen molar-refractivity contribution in [1.82, 2.24) is 10.2 Å². The van der Waals surface area contributed by atoms with Gasteiger partial charge >= 0.3 is 12.0 Å². The average Bonchev–Trinajstić information content (AvgIpc) is 2.90. The minimum Gasteiger partial charge on any atom is -0.461 e. The minimum absolute atomic E-state index is 0.0978. The van der Waals surface area contributed by atoms with Crippen molar-refractivity contribution in [3.8, 4) is 0 Å². The van der Waals surface area contributed by atoms with Crippen LogP contribution in [0, 0.1) is 0 Å². The Hall–Kier alpha value is -2.37. The number of carbonyl (C=O) groups is 3. The van der Waals surface area contributed by atoms with E-state index in [9.17, 15) is 14.4 Å². The van der Waals surface area contributed by atoms with Crippen molar-refractivity contribution < 1.29 is 19.1 Å². The van der Waals surface area contributed by atoms with Gasteiger partial charge in [0.1, 0.15) is 18.2 Å². The third-order valence-electron chi connectivity index (χ3n) is 4.67. The van der Waals surface area contributed by atoms with Crippen LogP contribution in [0.5, 0.6) is 0 Å². The van der Waals surface area contributed by atoms with Crippen molar-refractivity contribution in [1.29, 1.82) is 0 Å². The average molecular weight is 330 g/mol. The molecule has 2 fully saturated rings. The summed E-state index contributed by atoms with van der Waals surface area (Å²) in [6, 6.07) is 6.77. The summed E-state index contributed by atoms with van der Waals surface area (Å²) < 4.78 is 5.49. The fraction of sp³-hybridized carbons (Fsp3) is 0.500. The summed E-state index contributed by atoms with van der Waals surface area (Å²) in [5.74, 6) is -0.932. The Morgan fingerprint density at radius 1 is 1.17 bits per heavy atom. The van der Waals surface area contributed by atoms with Crippen molar-refractivity contribution in [2.75, 3.05) is 0 Å². The number of hydrogen-bond donors (Lipinski definition) is 1. The Kier molecular flexibility index (Phi) is 4.83. The van der Waals surface area contributed by atoms with Crippen molar-refractivity contribution in [3.05, 3.63) is 35.9 Å². The quantitative estimate of drug-likeness (QED) is 0.680. The second-order valence-corrected chi connectivity index (χ2v) is 6.37. The summed E-state index contributed by atoms with van der Waals surface area (Å²) in [6.07, 6.45) is 4.86. The highest BCUT2D eigenvalue weighted by Gasteiger charge is 2.44. The predicted octanol–water partition coefficient (Wildman–Crippen LogP) is 2.54. The number of rotatable bonds is 4. The molecule has 6 nitrogen and oxygen atoms in total. The van der Waals surface area contributed by atoms with Crippen molar-refractivity contribution in [2.24, 2.45) is 0 Å². The van der Waals surface area contributed by atoms with E-state index in [-0.39, 0.29) is 6.10 Å². The van der Waals surface area contributed by atoms with Crippen LogP contribution in [-0.4, -0.2) is 35.0 Å². The number of hydrogen-bond acceptors (Lipinski definition) is 4. The Balaban J connectivity index is 1.67. The number of esters is 1. The number of imide groups is 1. The largest absolute Gasteiger partial charge is 0.461 e. The first kappa shape index (κ1) is 16.5. The molecule has 0 aromatic heterocycles. The SMILES string of the molecule is CC(C(=O)OC1CCCCC1)N1C(=O)NC(c2ccccc2)C1=O. The molecule has 6 heteroatoms. The topological polar surface area (TPSA) is 75.7 Å². The number of ether oxygens (including phenoxy) is 1. The molecule has 1 aliphatic heterocycles. The first-order valence-corrected chi connectivity index (χ1v) is 8.47. The number of benzene rings is 1. The zero-order valence-corrected chi connectivity index (χ0v) is 13.7. The van der Waals surface area contributed by atoms with Gasteiger partial charge < -0.3 is 10.1 Å². The maximum absolute atomic E-state index is 12.6. The molecule has 1 aromatic rings. The molecule has 1 heterocycles. The van der Waals surface area contributed by atoms with Gasteiger partial charge in [0.05, 0.1) is 0 Å². The Bertz CT molecular complexity index is 625. The Morgan fingerprint density at radius 2 is 1.83 bits per heavy atom. The van der Waals surface area contributed by atoms with E-state index in [0.29, 0.717) is 5.56 Å². The van der Waals surface area contributed by atoms with E-state index in [0.717, 1.165) is 37.0 Å². The van der Waals surface area contributed by atoms with Crippen LogP contribution >= 0.6 is 0 Å². The smallest absolute Gasteiger partial charge is 0.329 e. The van der Waals surface area contributed by atoms with E-state index in [2.05, 4.69) is 5.32 Å². The molecule has 128 valence electrons. The molecule has 0 radical (unpaired) electrons. The van der Waals surface area contributed by atoms with Gasteiger partial charge in [0.25, 0.3) is 5.91 Å². The number of amides is 3. The number of nitrogens with one attached hydrogen (secondary N) is 1. The monoisotopic (exact) mass is 330 g/mol. The molecular weight excluding hydrogens is 308 g/mol. The first-order chi connectivity index (χ1) is 11.6. The Labute approximate surface area is 141 Å². The lowest BCUT2D eigenvalue weighted by Crippen LogP contribution is -2.45. The van der Waals surface area contributed by atoms with Crippen LogP contribution in [-0.2, 0) is 14.3 Å². The molecule has 0 bridgehead atoms. The van der Waals surface area contributed by atoms with Gasteiger partial charge in [0.15, 0.2) is 0 Å². The fourth-order valence-corrected chi connectivity index (χ4v) is 3.28. The molecule has 0 spiro atoms. The molecule has 2 unspecified atom stereocenters. The molecule has 2 aliphatic rings. The van der Waals surface area contributed by atoms with E-state index in [1.807, 2.05) is 6.07 Å². The lowest BCUT2D eigenvalue weighted by Gasteiger charge is -2.26. The zero-order chi connectivity index (χ0) is 17.1. The van der Waals surface area contributed by atoms with Crippen LogP contribution in [0.3, 0.4) is 0 Å². The van der Waals surface area contributed by atoms with E-state index in [4.69, 9.17) is 4.74 Å². The van der Waals surface area contributed by atoms with E-state index >= 15 is 0 Å². The second kappa shape index (κ2) is 7.03. The highest BCUT2D eigenvalue weighted by Crippen LogP contribution is 2.25. The van der Waals surface area contributed by atoms with Crippen LogP contribution in [0.25, 0.3) is 0 Å². The predicted molar refractivity (Wildman–Crippen MR) is 87.0 cm³/mol. The summed E-state index contributed by atoms with van der Waals surface area (Å²) in [4.78, 5) is 38.1. The number of urea groups is 1. The highest BCUT2D eigenvalue weighted by atomic mass is 16.5. The Morgan fingerprint density at radius 3 is 2.50 bits per heavy atom. The van der Waals surface area contributed by atoms with E-state index in [1.165, 1.54) is 6.92 Å². The minimum atomic E-state index is -0.923. The summed E-state index contributed by atoms with van der Waals surface area (Å²) in [6.45, 7) is 1.54. The van der Waals surface area contributed by atoms with Crippen LogP contribution < -0.4 is 5.32 Å². The summed E-state index contributed by atoms with van der Waals surface area (Å²) in [5, 5.41) is 2.64. The number of nitrogens with zero attached hydrogens (tertiary/aromatic N) is 1. The third kappa shape index (κ3) is 3.27. The number of carbonyl (C=O) groups excluding carboxylic acids is 3. The lowest BCUT2D eigenvalue weighted by atomic mass is 9.98. The molecule has 3 amide bonds. The standard InChI is InChI=1S/C18H22N2O4/c1-12(17(22)24-14-10-6-3-7-11-14)20-16(21)15(19-18(20)23)13-8-4-2-5-9-13/h2,4-5,8-9,12,14-15H,3,6-7,10-11H2,1H3,(H,19,23). The van der Waals surface area contributed by atoms with Gasteiger partial charge in [-0.3, -0.25) is 4.79 Å². The fourth-order valence-electron chi connectivity index (χ4n) is 3.28. The first-order valence-electron chi connectivity index (χ1n) is 8.47. The molecule has 1 N–H and O–H groups in total. The molecular formula is C18H22N2O4. The third-order valence-corrected chi connectivity index (χ3v) is 4.67. The van der Waals surface area contributed by atoms with Gasteiger partial charge in [-0.25, -0.2) is 14.5 Å². The molecule has 1 aromatic carbocycles. The summed E-state index contributed by atoms with van der Waals surface area (Å²) in [5.41, 5.74) is 0.700. The van der Waals surface area contributed by atoms with Gasteiger partial charge in [-0.05, 0) is 38.2 Å². The van der Waals surface area contributed by atoms with E-state index in [1.54, 1.807) is 24.3 Å². The molecule has 3 rings (SSSR count). The van der Waals surface area contributed by atoms with Gasteiger partial charge in [-0.15, -0.1) is 0 Å². The lowest BCUT2D eigenvalue weighted by molar-refractivity contribution is -0.157. The van der Waals surface area contributed by atoms with Gasteiger partial charge in [0, 0.05) is 0 Å². The second-order valence-electron chi connectivity index (χ2n) is 6.37. The van der Waals surface area contributed by atoms with E-state index < -0.39 is 30.0 Å². The maximum Gasteiger partial charge on any atom is 0.329 e. The molecule has 24 heavy (non-hydrogen) atoms. The van der Waals surface area contributed by atoms with Crippen molar-refractivity contribution >= 4 is 17.9 Å². The molecule has 1 aliphatic carbocycles. The molecule has 1 saturated heterocycles.